The molecule has 1 unspecified atom stereocenters. The number of aliphatic hydroxyl groups is 1. The largest absolute Gasteiger partial charge is 0.390 e. The Hall–Kier alpha value is -0.940. The summed E-state index contributed by atoms with van der Waals surface area (Å²) in [7, 11) is 1.67. The van der Waals surface area contributed by atoms with E-state index in [0.29, 0.717) is 12.3 Å². The lowest BCUT2D eigenvalue weighted by Crippen LogP contribution is -2.08. The molecule has 0 saturated heterocycles. The van der Waals surface area contributed by atoms with Gasteiger partial charge in [-0.1, -0.05) is 5.21 Å². The van der Waals surface area contributed by atoms with Gasteiger partial charge in [0.15, 0.2) is 0 Å². The van der Waals surface area contributed by atoms with Crippen molar-refractivity contribution in [2.75, 3.05) is 13.7 Å². The maximum absolute atomic E-state index is 8.77. The molecule has 1 atom stereocenters. The molecule has 0 aromatic carbocycles. The molecule has 0 fully saturated rings. The third kappa shape index (κ3) is 2.78. The second kappa shape index (κ2) is 4.94. The second-order valence-electron chi connectivity index (χ2n) is 2.98. The topological polar surface area (TPSA) is 60.2 Å². The molecule has 74 valence electrons. The first kappa shape index (κ1) is 10.1. The van der Waals surface area contributed by atoms with Gasteiger partial charge in [0.1, 0.15) is 5.69 Å². The summed E-state index contributed by atoms with van der Waals surface area (Å²) in [4.78, 5) is 0. The van der Waals surface area contributed by atoms with Crippen molar-refractivity contribution in [2.24, 2.45) is 0 Å². The van der Waals surface area contributed by atoms with Crippen LogP contribution < -0.4 is 0 Å². The van der Waals surface area contributed by atoms with E-state index in [-0.39, 0.29) is 12.6 Å². The molecule has 0 radical (unpaired) electrons. The van der Waals surface area contributed by atoms with E-state index in [9.17, 15) is 0 Å². The van der Waals surface area contributed by atoms with Crippen LogP contribution in [0.5, 0.6) is 0 Å². The molecule has 13 heavy (non-hydrogen) atoms. The zero-order valence-electron chi connectivity index (χ0n) is 7.97. The predicted octanol–water partition coefficient (Wildman–Crippen LogP) is 0.368. The summed E-state index contributed by atoms with van der Waals surface area (Å²) in [5.74, 6) is 0. The number of rotatable bonds is 5. The SMILES string of the molecule is COCCC(C)n1cc(CO)nn1. The fraction of sp³-hybridized carbons (Fsp3) is 0.750. The summed E-state index contributed by atoms with van der Waals surface area (Å²) in [6.07, 6.45) is 2.64. The first-order valence-electron chi connectivity index (χ1n) is 4.28. The van der Waals surface area contributed by atoms with Crippen molar-refractivity contribution in [3.63, 3.8) is 0 Å². The van der Waals surface area contributed by atoms with Crippen LogP contribution in [0.4, 0.5) is 0 Å². The highest BCUT2D eigenvalue weighted by Gasteiger charge is 2.06. The van der Waals surface area contributed by atoms with E-state index in [1.807, 2.05) is 6.92 Å². The van der Waals surface area contributed by atoms with Gasteiger partial charge < -0.3 is 9.84 Å². The summed E-state index contributed by atoms with van der Waals surface area (Å²) >= 11 is 0. The Kier molecular flexibility index (Phi) is 3.85. The van der Waals surface area contributed by atoms with E-state index in [4.69, 9.17) is 9.84 Å². The normalized spacial score (nSPS) is 13.2. The molecule has 1 rings (SSSR count). The van der Waals surface area contributed by atoms with Crippen LogP contribution in [0.3, 0.4) is 0 Å². The molecule has 1 aromatic rings. The van der Waals surface area contributed by atoms with Gasteiger partial charge in [-0.05, 0) is 13.3 Å². The molecular weight excluding hydrogens is 170 g/mol. The minimum atomic E-state index is -0.0585. The lowest BCUT2D eigenvalue weighted by Gasteiger charge is -2.09. The first-order chi connectivity index (χ1) is 6.27. The Morgan fingerprint density at radius 2 is 2.46 bits per heavy atom. The van der Waals surface area contributed by atoms with Crippen molar-refractivity contribution in [3.05, 3.63) is 11.9 Å². The average Bonchev–Trinajstić information content (AvgIpc) is 2.62. The van der Waals surface area contributed by atoms with Crippen molar-refractivity contribution < 1.29 is 9.84 Å². The average molecular weight is 185 g/mol. The molecule has 1 aromatic heterocycles. The molecule has 0 bridgehead atoms. The molecule has 0 aliphatic rings. The van der Waals surface area contributed by atoms with Crippen LogP contribution in [0.1, 0.15) is 25.1 Å². The van der Waals surface area contributed by atoms with E-state index in [0.717, 1.165) is 6.42 Å². The predicted molar refractivity (Wildman–Crippen MR) is 47.1 cm³/mol. The van der Waals surface area contributed by atoms with Crippen LogP contribution in [0.25, 0.3) is 0 Å². The molecule has 0 amide bonds. The molecular formula is C8H15N3O2. The maximum atomic E-state index is 8.77. The Labute approximate surface area is 77.3 Å². The summed E-state index contributed by atoms with van der Waals surface area (Å²) in [6, 6.07) is 0.257. The van der Waals surface area contributed by atoms with Gasteiger partial charge in [0, 0.05) is 13.7 Å². The Bertz CT molecular complexity index is 249. The molecule has 5 nitrogen and oxygen atoms in total. The number of hydrogen-bond donors (Lipinski definition) is 1. The molecule has 0 spiro atoms. The smallest absolute Gasteiger partial charge is 0.108 e. The van der Waals surface area contributed by atoms with Crippen LogP contribution in [-0.4, -0.2) is 33.8 Å². The molecule has 5 heteroatoms. The van der Waals surface area contributed by atoms with Crippen LogP contribution in [-0.2, 0) is 11.3 Å². The summed E-state index contributed by atoms with van der Waals surface area (Å²) in [5.41, 5.74) is 0.601. The zero-order valence-corrected chi connectivity index (χ0v) is 7.97. The van der Waals surface area contributed by atoms with Gasteiger partial charge in [-0.2, -0.15) is 0 Å². The third-order valence-corrected chi connectivity index (χ3v) is 1.91. The zero-order chi connectivity index (χ0) is 9.68. The molecule has 0 aliphatic carbocycles. The van der Waals surface area contributed by atoms with Gasteiger partial charge >= 0.3 is 0 Å². The maximum Gasteiger partial charge on any atom is 0.108 e. The van der Waals surface area contributed by atoms with Crippen LogP contribution in [0.2, 0.25) is 0 Å². The van der Waals surface area contributed by atoms with Crippen LogP contribution >= 0.6 is 0 Å². The molecule has 1 heterocycles. The number of ether oxygens (including phenoxy) is 1. The lowest BCUT2D eigenvalue weighted by molar-refractivity contribution is 0.178. The van der Waals surface area contributed by atoms with Crippen molar-refractivity contribution in [1.82, 2.24) is 15.0 Å². The Morgan fingerprint density at radius 3 is 3.00 bits per heavy atom. The van der Waals surface area contributed by atoms with Crippen LogP contribution in [0.15, 0.2) is 6.20 Å². The number of aromatic nitrogens is 3. The highest BCUT2D eigenvalue weighted by Crippen LogP contribution is 2.08. The number of nitrogens with zero attached hydrogens (tertiary/aromatic N) is 3. The van der Waals surface area contributed by atoms with E-state index >= 15 is 0 Å². The summed E-state index contributed by atoms with van der Waals surface area (Å²) in [5, 5.41) is 16.4. The van der Waals surface area contributed by atoms with Gasteiger partial charge in [0.05, 0.1) is 18.8 Å². The standard InChI is InChI=1S/C8H15N3O2/c1-7(3-4-13-2)11-5-8(6-12)9-10-11/h5,7,12H,3-4,6H2,1-2H3. The molecule has 1 N–H and O–H groups in total. The highest BCUT2D eigenvalue weighted by molar-refractivity contribution is 4.90. The fourth-order valence-electron chi connectivity index (χ4n) is 1.02. The minimum Gasteiger partial charge on any atom is -0.390 e. The van der Waals surface area contributed by atoms with Crippen molar-refractivity contribution in [1.29, 1.82) is 0 Å². The van der Waals surface area contributed by atoms with Crippen molar-refractivity contribution in [2.45, 2.75) is 26.0 Å². The van der Waals surface area contributed by atoms with Gasteiger partial charge in [0.25, 0.3) is 0 Å². The number of methoxy groups -OCH3 is 1. The van der Waals surface area contributed by atoms with Gasteiger partial charge in [-0.15, -0.1) is 5.10 Å². The monoisotopic (exact) mass is 185 g/mol. The number of hydrogen-bond acceptors (Lipinski definition) is 4. The quantitative estimate of drug-likeness (QED) is 0.720. The minimum absolute atomic E-state index is 0.0585. The third-order valence-electron chi connectivity index (χ3n) is 1.91. The lowest BCUT2D eigenvalue weighted by atomic mass is 10.2. The Morgan fingerprint density at radius 1 is 1.69 bits per heavy atom. The summed E-state index contributed by atoms with van der Waals surface area (Å²) < 4.78 is 6.70. The van der Waals surface area contributed by atoms with Gasteiger partial charge in [-0.3, -0.25) is 0 Å². The Balaban J connectivity index is 2.50. The van der Waals surface area contributed by atoms with E-state index < -0.39 is 0 Å². The number of aliphatic hydroxyl groups excluding tert-OH is 1. The summed E-state index contributed by atoms with van der Waals surface area (Å²) in [6.45, 7) is 2.68. The molecule has 0 saturated carbocycles. The van der Waals surface area contributed by atoms with Gasteiger partial charge in [-0.25, -0.2) is 4.68 Å². The second-order valence-corrected chi connectivity index (χ2v) is 2.98. The molecule has 0 aliphatic heterocycles. The van der Waals surface area contributed by atoms with Crippen molar-refractivity contribution >= 4 is 0 Å². The van der Waals surface area contributed by atoms with Crippen LogP contribution in [0, 0.1) is 0 Å². The van der Waals surface area contributed by atoms with E-state index in [1.165, 1.54) is 0 Å². The van der Waals surface area contributed by atoms with E-state index in [1.54, 1.807) is 18.0 Å². The van der Waals surface area contributed by atoms with E-state index in [2.05, 4.69) is 10.3 Å². The first-order valence-corrected chi connectivity index (χ1v) is 4.28. The fourth-order valence-corrected chi connectivity index (χ4v) is 1.02. The van der Waals surface area contributed by atoms with Crippen molar-refractivity contribution in [3.8, 4) is 0 Å². The highest BCUT2D eigenvalue weighted by atomic mass is 16.5. The van der Waals surface area contributed by atoms with Gasteiger partial charge in [0.2, 0.25) is 0 Å².